The number of hydrogen-bond acceptors (Lipinski definition) is 5. The second-order valence-electron chi connectivity index (χ2n) is 6.41. The number of nitrogens with one attached hydrogen (secondary N) is 1. The largest absolute Gasteiger partial charge is 0.486 e. The minimum absolute atomic E-state index is 0.0616. The van der Waals surface area contributed by atoms with E-state index in [2.05, 4.69) is 5.32 Å². The summed E-state index contributed by atoms with van der Waals surface area (Å²) in [7, 11) is 0. The first-order chi connectivity index (χ1) is 14.2. The zero-order valence-electron chi connectivity index (χ0n) is 15.6. The van der Waals surface area contributed by atoms with Crippen molar-refractivity contribution in [1.29, 1.82) is 0 Å². The Morgan fingerprint density at radius 3 is 2.28 bits per heavy atom. The molecular weight excluding hydrogens is 370 g/mol. The van der Waals surface area contributed by atoms with Gasteiger partial charge in [-0.15, -0.1) is 0 Å². The number of hydrogen-bond donors (Lipinski definition) is 1. The van der Waals surface area contributed by atoms with Gasteiger partial charge in [0, 0.05) is 22.9 Å². The van der Waals surface area contributed by atoms with Gasteiger partial charge in [0.15, 0.2) is 23.9 Å². The molecule has 29 heavy (non-hydrogen) atoms. The number of amides is 1. The lowest BCUT2D eigenvalue weighted by Gasteiger charge is -2.19. The molecule has 0 aliphatic carbocycles. The van der Waals surface area contributed by atoms with Crippen molar-refractivity contribution in [2.75, 3.05) is 25.1 Å². The monoisotopic (exact) mass is 389 g/mol. The zero-order valence-corrected chi connectivity index (χ0v) is 15.6. The van der Waals surface area contributed by atoms with Crippen LogP contribution in [0.1, 0.15) is 15.9 Å². The number of rotatable bonds is 6. The van der Waals surface area contributed by atoms with E-state index in [0.717, 1.165) is 0 Å². The van der Waals surface area contributed by atoms with Crippen molar-refractivity contribution < 1.29 is 23.8 Å². The Balaban J connectivity index is 1.32. The zero-order chi connectivity index (χ0) is 20.1. The van der Waals surface area contributed by atoms with Crippen LogP contribution in [-0.4, -0.2) is 31.5 Å². The summed E-state index contributed by atoms with van der Waals surface area (Å²) in [5.41, 5.74) is 1.79. The molecule has 146 valence electrons. The first kappa shape index (κ1) is 18.6. The third kappa shape index (κ3) is 4.55. The van der Waals surface area contributed by atoms with Gasteiger partial charge in [0.25, 0.3) is 5.91 Å². The summed E-state index contributed by atoms with van der Waals surface area (Å²) in [5.74, 6) is 1.41. The SMILES string of the molecule is O=C(COc1ccc(C(=O)c2ccccc2)cc1)Nc1ccc2c(c1)OCCO2. The summed E-state index contributed by atoms with van der Waals surface area (Å²) in [6, 6.07) is 21.0. The molecule has 0 radical (unpaired) electrons. The van der Waals surface area contributed by atoms with E-state index in [-0.39, 0.29) is 18.3 Å². The summed E-state index contributed by atoms with van der Waals surface area (Å²) >= 11 is 0. The molecule has 4 rings (SSSR count). The highest BCUT2D eigenvalue weighted by Gasteiger charge is 2.13. The standard InChI is InChI=1S/C23H19NO5/c25-22(24-18-8-11-20-21(14-18)28-13-12-27-20)15-29-19-9-6-17(7-10-19)23(26)16-4-2-1-3-5-16/h1-11,14H,12-13,15H2,(H,24,25). The van der Waals surface area contributed by atoms with Crippen LogP contribution in [-0.2, 0) is 4.79 Å². The summed E-state index contributed by atoms with van der Waals surface area (Å²) in [6.45, 7) is 0.846. The molecule has 0 atom stereocenters. The Bertz CT molecular complexity index is 1020. The van der Waals surface area contributed by atoms with Crippen molar-refractivity contribution in [3.8, 4) is 17.2 Å². The summed E-state index contributed by atoms with van der Waals surface area (Å²) < 4.78 is 16.5. The van der Waals surface area contributed by atoms with Crippen LogP contribution in [0.3, 0.4) is 0 Å². The Labute approximate surface area is 168 Å². The van der Waals surface area contributed by atoms with Crippen LogP contribution >= 0.6 is 0 Å². The van der Waals surface area contributed by atoms with Gasteiger partial charge >= 0.3 is 0 Å². The molecule has 3 aromatic rings. The fourth-order valence-electron chi connectivity index (χ4n) is 2.93. The fourth-order valence-corrected chi connectivity index (χ4v) is 2.93. The molecule has 6 heteroatoms. The Kier molecular flexibility index (Phi) is 5.42. The van der Waals surface area contributed by atoms with Crippen LogP contribution in [0.15, 0.2) is 72.8 Å². The molecule has 0 aromatic heterocycles. The predicted octanol–water partition coefficient (Wildman–Crippen LogP) is 3.71. The van der Waals surface area contributed by atoms with Crippen LogP contribution in [0.2, 0.25) is 0 Å². The van der Waals surface area contributed by atoms with Crippen molar-refractivity contribution in [3.63, 3.8) is 0 Å². The second kappa shape index (κ2) is 8.48. The smallest absolute Gasteiger partial charge is 0.262 e. The lowest BCUT2D eigenvalue weighted by Crippen LogP contribution is -2.20. The third-order valence-electron chi connectivity index (χ3n) is 4.35. The predicted molar refractivity (Wildman–Crippen MR) is 108 cm³/mol. The molecular formula is C23H19NO5. The van der Waals surface area contributed by atoms with Gasteiger partial charge in [0.05, 0.1) is 0 Å². The third-order valence-corrected chi connectivity index (χ3v) is 4.35. The first-order valence-corrected chi connectivity index (χ1v) is 9.21. The van der Waals surface area contributed by atoms with E-state index in [1.165, 1.54) is 0 Å². The second-order valence-corrected chi connectivity index (χ2v) is 6.41. The Morgan fingerprint density at radius 2 is 1.52 bits per heavy atom. The van der Waals surface area contributed by atoms with Crippen LogP contribution in [0.25, 0.3) is 0 Å². The molecule has 1 aliphatic rings. The van der Waals surface area contributed by atoms with Gasteiger partial charge in [-0.05, 0) is 36.4 Å². The molecule has 6 nitrogen and oxygen atoms in total. The van der Waals surface area contributed by atoms with Gasteiger partial charge in [0.2, 0.25) is 0 Å². The molecule has 0 spiro atoms. The van der Waals surface area contributed by atoms with Crippen LogP contribution in [0, 0.1) is 0 Å². The van der Waals surface area contributed by atoms with E-state index < -0.39 is 0 Å². The number of ketones is 1. The van der Waals surface area contributed by atoms with Crippen LogP contribution in [0.5, 0.6) is 17.2 Å². The maximum Gasteiger partial charge on any atom is 0.262 e. The topological polar surface area (TPSA) is 73.9 Å². The van der Waals surface area contributed by atoms with E-state index in [9.17, 15) is 9.59 Å². The maximum atomic E-state index is 12.4. The average Bonchev–Trinajstić information content (AvgIpc) is 2.78. The van der Waals surface area contributed by atoms with Gasteiger partial charge in [0.1, 0.15) is 19.0 Å². The Hall–Kier alpha value is -3.80. The highest BCUT2D eigenvalue weighted by molar-refractivity contribution is 6.09. The van der Waals surface area contributed by atoms with E-state index in [1.807, 2.05) is 18.2 Å². The van der Waals surface area contributed by atoms with Crippen molar-refractivity contribution in [3.05, 3.63) is 83.9 Å². The van der Waals surface area contributed by atoms with Crippen molar-refractivity contribution in [1.82, 2.24) is 0 Å². The van der Waals surface area contributed by atoms with E-state index in [4.69, 9.17) is 14.2 Å². The maximum absolute atomic E-state index is 12.4. The van der Waals surface area contributed by atoms with Crippen LogP contribution in [0.4, 0.5) is 5.69 Å². The number of carbonyl (C=O) groups is 2. The van der Waals surface area contributed by atoms with Gasteiger partial charge in [-0.2, -0.15) is 0 Å². The normalized spacial score (nSPS) is 12.1. The molecule has 0 saturated heterocycles. The number of anilines is 1. The summed E-state index contributed by atoms with van der Waals surface area (Å²) in [4.78, 5) is 24.6. The minimum Gasteiger partial charge on any atom is -0.486 e. The van der Waals surface area contributed by atoms with Gasteiger partial charge in [-0.3, -0.25) is 9.59 Å². The molecule has 1 N–H and O–H groups in total. The molecule has 0 fully saturated rings. The number of carbonyl (C=O) groups excluding carboxylic acids is 2. The fraction of sp³-hybridized carbons (Fsp3) is 0.130. The molecule has 1 heterocycles. The van der Waals surface area contributed by atoms with E-state index >= 15 is 0 Å². The first-order valence-electron chi connectivity index (χ1n) is 9.21. The number of benzene rings is 3. The van der Waals surface area contributed by atoms with Gasteiger partial charge in [-0.25, -0.2) is 0 Å². The van der Waals surface area contributed by atoms with E-state index in [1.54, 1.807) is 54.6 Å². The van der Waals surface area contributed by atoms with Gasteiger partial charge in [-0.1, -0.05) is 30.3 Å². The summed E-state index contributed by atoms with van der Waals surface area (Å²) in [5, 5.41) is 2.76. The quantitative estimate of drug-likeness (QED) is 0.651. The summed E-state index contributed by atoms with van der Waals surface area (Å²) in [6.07, 6.45) is 0. The lowest BCUT2D eigenvalue weighted by atomic mass is 10.0. The molecule has 0 saturated carbocycles. The van der Waals surface area contributed by atoms with Gasteiger partial charge < -0.3 is 19.5 Å². The molecule has 0 unspecified atom stereocenters. The number of fused-ring (bicyclic) bond motifs is 1. The highest BCUT2D eigenvalue weighted by atomic mass is 16.6. The van der Waals surface area contributed by atoms with Crippen LogP contribution < -0.4 is 19.5 Å². The highest BCUT2D eigenvalue weighted by Crippen LogP contribution is 2.32. The Morgan fingerprint density at radius 1 is 0.828 bits per heavy atom. The lowest BCUT2D eigenvalue weighted by molar-refractivity contribution is -0.118. The molecule has 1 amide bonds. The van der Waals surface area contributed by atoms with Crippen molar-refractivity contribution >= 4 is 17.4 Å². The minimum atomic E-state index is -0.300. The van der Waals surface area contributed by atoms with Crippen molar-refractivity contribution in [2.45, 2.75) is 0 Å². The molecule has 1 aliphatic heterocycles. The number of ether oxygens (including phenoxy) is 3. The molecule has 0 bridgehead atoms. The average molecular weight is 389 g/mol. The van der Waals surface area contributed by atoms with E-state index in [0.29, 0.717) is 47.3 Å². The molecule has 3 aromatic carbocycles. The van der Waals surface area contributed by atoms with Crippen molar-refractivity contribution in [2.24, 2.45) is 0 Å².